The van der Waals surface area contributed by atoms with Gasteiger partial charge in [-0.3, -0.25) is 24.0 Å². The second-order valence-corrected chi connectivity index (χ2v) is 6.12. The summed E-state index contributed by atoms with van der Waals surface area (Å²) in [5.74, 6) is -4.51. The first kappa shape index (κ1) is 23.1. The molecule has 25 heavy (non-hydrogen) atoms. The van der Waals surface area contributed by atoms with Crippen LogP contribution >= 0.6 is 23.4 Å². The van der Waals surface area contributed by atoms with E-state index in [-0.39, 0.29) is 18.6 Å². The zero-order valence-corrected chi connectivity index (χ0v) is 14.4. The zero-order chi connectivity index (χ0) is 19.6. The van der Waals surface area contributed by atoms with Gasteiger partial charge in [0, 0.05) is 12.2 Å². The molecule has 2 amide bonds. The molecule has 3 atom stereocenters. The molecule has 0 bridgehead atoms. The molecule has 0 unspecified atom stereocenters. The van der Waals surface area contributed by atoms with Gasteiger partial charge in [0.15, 0.2) is 5.56 Å². The van der Waals surface area contributed by atoms with Gasteiger partial charge >= 0.3 is 11.9 Å². The number of aliphatic hydroxyl groups excluding tert-OH is 1. The van der Waals surface area contributed by atoms with Crippen molar-refractivity contribution in [2.24, 2.45) is 5.73 Å². The Morgan fingerprint density at radius 3 is 2.24 bits per heavy atom. The van der Waals surface area contributed by atoms with Crippen molar-refractivity contribution in [2.45, 2.75) is 30.5 Å². The molecule has 7 N–H and O–H groups in total. The van der Waals surface area contributed by atoms with Crippen molar-refractivity contribution >= 4 is 52.2 Å². The molecule has 0 aromatic heterocycles. The number of aliphatic hydroxyl groups is 1. The third kappa shape index (κ3) is 10.6. The van der Waals surface area contributed by atoms with Crippen molar-refractivity contribution in [3.63, 3.8) is 0 Å². The second-order valence-electron chi connectivity index (χ2n) is 4.68. The summed E-state index contributed by atoms with van der Waals surface area (Å²) in [7, 11) is 0. The Bertz CT molecular complexity index is 530. The number of rotatable bonds is 11. The number of carboxylic acids is 2. The number of carboxylic acid groups (broad SMARTS) is 2. The second kappa shape index (κ2) is 11.6. The number of aliphatic carboxylic acids is 2. The number of alkyl halides is 1. The minimum Gasteiger partial charge on any atom is -0.480 e. The Balaban J connectivity index is 4.72. The number of thioether (sulfide) groups is 1. The standard InChI is InChI=1S/C12H18ClN3O8S/c13-9(20)12(24)25-4-6(10(21)15-3-8(18)19)16-7(17)2-1-5(14)11(22)23/h5-6,9,20H,1-4,14H2,(H,15,21)(H,16,17)(H,18,19)(H,22,23)/t5-,6-,9+/m0/s1. The molecule has 142 valence electrons. The van der Waals surface area contributed by atoms with Gasteiger partial charge in [0.25, 0.3) is 0 Å². The highest BCUT2D eigenvalue weighted by molar-refractivity contribution is 8.13. The molecule has 11 nitrogen and oxygen atoms in total. The fourth-order valence-corrected chi connectivity index (χ4v) is 2.27. The summed E-state index contributed by atoms with van der Waals surface area (Å²) in [4.78, 5) is 56.0. The van der Waals surface area contributed by atoms with Crippen LogP contribution in [0.3, 0.4) is 0 Å². The first-order valence-electron chi connectivity index (χ1n) is 6.80. The molecule has 0 aliphatic rings. The predicted molar refractivity (Wildman–Crippen MR) is 86.7 cm³/mol. The molecule has 0 radical (unpaired) electrons. The van der Waals surface area contributed by atoms with E-state index in [1.807, 2.05) is 5.32 Å². The molecule has 0 spiro atoms. The van der Waals surface area contributed by atoms with E-state index in [4.69, 9.17) is 32.7 Å². The smallest absolute Gasteiger partial charge is 0.322 e. The summed E-state index contributed by atoms with van der Waals surface area (Å²) >= 11 is 5.63. The highest BCUT2D eigenvalue weighted by atomic mass is 35.5. The SMILES string of the molecule is N[C@@H](CCC(=O)N[C@@H](CSC(=O)[C@@H](O)Cl)C(=O)NCC(=O)O)C(=O)O. The quantitative estimate of drug-likeness (QED) is 0.205. The van der Waals surface area contributed by atoms with E-state index < -0.39 is 53.1 Å². The topological polar surface area (TPSA) is 196 Å². The molecule has 0 saturated heterocycles. The Morgan fingerprint density at radius 2 is 1.76 bits per heavy atom. The van der Waals surface area contributed by atoms with Crippen molar-refractivity contribution in [1.29, 1.82) is 0 Å². The van der Waals surface area contributed by atoms with E-state index in [1.165, 1.54) is 0 Å². The van der Waals surface area contributed by atoms with Gasteiger partial charge in [-0.25, -0.2) is 0 Å². The van der Waals surface area contributed by atoms with Gasteiger partial charge in [-0.1, -0.05) is 23.4 Å². The third-order valence-corrected chi connectivity index (χ3v) is 3.99. The number of hydrogen-bond donors (Lipinski definition) is 6. The van der Waals surface area contributed by atoms with Crippen LogP contribution in [0.4, 0.5) is 0 Å². The number of amides is 2. The lowest BCUT2D eigenvalue weighted by Crippen LogP contribution is -2.49. The summed E-state index contributed by atoms with van der Waals surface area (Å²) in [6.45, 7) is -0.703. The average molecular weight is 400 g/mol. The highest BCUT2D eigenvalue weighted by Crippen LogP contribution is 2.11. The van der Waals surface area contributed by atoms with Crippen LogP contribution in [-0.2, 0) is 24.0 Å². The van der Waals surface area contributed by atoms with Crippen LogP contribution in [0.1, 0.15) is 12.8 Å². The number of carbonyl (C=O) groups excluding carboxylic acids is 3. The molecule has 0 aromatic rings. The summed E-state index contributed by atoms with van der Waals surface area (Å²) in [6, 6.07) is -2.55. The lowest BCUT2D eigenvalue weighted by Gasteiger charge is -2.18. The van der Waals surface area contributed by atoms with Gasteiger partial charge < -0.3 is 31.7 Å². The van der Waals surface area contributed by atoms with Gasteiger partial charge in [0.05, 0.1) is 0 Å². The zero-order valence-electron chi connectivity index (χ0n) is 12.8. The van der Waals surface area contributed by atoms with E-state index in [0.717, 1.165) is 0 Å². The minimum absolute atomic E-state index is 0.183. The maximum Gasteiger partial charge on any atom is 0.322 e. The minimum atomic E-state index is -1.79. The van der Waals surface area contributed by atoms with Gasteiger partial charge in [0.2, 0.25) is 16.9 Å². The number of halogens is 1. The number of nitrogens with two attached hydrogens (primary N) is 1. The van der Waals surface area contributed by atoms with Crippen LogP contribution in [0.2, 0.25) is 0 Å². The van der Waals surface area contributed by atoms with Gasteiger partial charge in [-0.2, -0.15) is 0 Å². The van der Waals surface area contributed by atoms with E-state index in [9.17, 15) is 24.0 Å². The number of nitrogens with one attached hydrogen (secondary N) is 2. The van der Waals surface area contributed by atoms with Crippen molar-refractivity contribution in [3.8, 4) is 0 Å². The van der Waals surface area contributed by atoms with E-state index in [2.05, 4.69) is 5.32 Å². The summed E-state index contributed by atoms with van der Waals surface area (Å²) in [5, 5.41) is 29.5. The Morgan fingerprint density at radius 1 is 1.16 bits per heavy atom. The maximum atomic E-state index is 11.9. The van der Waals surface area contributed by atoms with Gasteiger partial charge in [-0.05, 0) is 6.42 Å². The molecule has 0 aromatic carbocycles. The molecule has 0 heterocycles. The highest BCUT2D eigenvalue weighted by Gasteiger charge is 2.24. The molecule has 0 aliphatic carbocycles. The molecular formula is C12H18ClN3O8S. The molecule has 0 saturated carbocycles. The van der Waals surface area contributed by atoms with Gasteiger partial charge in [0.1, 0.15) is 18.6 Å². The van der Waals surface area contributed by atoms with Crippen LogP contribution in [0.5, 0.6) is 0 Å². The summed E-state index contributed by atoms with van der Waals surface area (Å²) in [5.41, 5.74) is 3.46. The van der Waals surface area contributed by atoms with Gasteiger partial charge in [-0.15, -0.1) is 0 Å². The van der Waals surface area contributed by atoms with Crippen molar-refractivity contribution < 1.29 is 39.3 Å². The Labute approximate surface area is 151 Å². The summed E-state index contributed by atoms with van der Waals surface area (Å²) < 4.78 is 0. The van der Waals surface area contributed by atoms with Crippen LogP contribution in [0, 0.1) is 0 Å². The Kier molecular flexibility index (Phi) is 10.7. The third-order valence-electron chi connectivity index (χ3n) is 2.65. The van der Waals surface area contributed by atoms with E-state index >= 15 is 0 Å². The van der Waals surface area contributed by atoms with Crippen molar-refractivity contribution in [1.82, 2.24) is 10.6 Å². The first-order valence-corrected chi connectivity index (χ1v) is 8.22. The van der Waals surface area contributed by atoms with Crippen LogP contribution in [0.15, 0.2) is 0 Å². The van der Waals surface area contributed by atoms with Crippen LogP contribution in [-0.4, -0.2) is 74.1 Å². The molecule has 13 heteroatoms. The number of hydrogen-bond acceptors (Lipinski definition) is 8. The number of carbonyl (C=O) groups is 5. The van der Waals surface area contributed by atoms with E-state index in [0.29, 0.717) is 11.8 Å². The Hall–Kier alpha value is -1.89. The largest absolute Gasteiger partial charge is 0.480 e. The predicted octanol–water partition coefficient (Wildman–Crippen LogP) is -2.32. The molecule has 0 aliphatic heterocycles. The normalized spacial score (nSPS) is 14.0. The molecule has 0 rings (SSSR count). The average Bonchev–Trinajstić information content (AvgIpc) is 2.53. The van der Waals surface area contributed by atoms with E-state index in [1.54, 1.807) is 0 Å². The van der Waals surface area contributed by atoms with Crippen molar-refractivity contribution in [2.75, 3.05) is 12.3 Å². The summed E-state index contributed by atoms with van der Waals surface area (Å²) in [6.07, 6.45) is -0.482. The molecular weight excluding hydrogens is 382 g/mol. The van der Waals surface area contributed by atoms with Crippen molar-refractivity contribution in [3.05, 3.63) is 0 Å². The first-order chi connectivity index (χ1) is 11.5. The van der Waals surface area contributed by atoms with Crippen LogP contribution < -0.4 is 16.4 Å². The van der Waals surface area contributed by atoms with Crippen LogP contribution in [0.25, 0.3) is 0 Å². The maximum absolute atomic E-state index is 11.9. The molecule has 0 fully saturated rings. The monoisotopic (exact) mass is 399 g/mol. The lowest BCUT2D eigenvalue weighted by atomic mass is 10.1. The fourth-order valence-electron chi connectivity index (χ4n) is 1.38. The fraction of sp³-hybridized carbons (Fsp3) is 0.583. The lowest BCUT2D eigenvalue weighted by molar-refractivity contribution is -0.139.